The van der Waals surface area contributed by atoms with Gasteiger partial charge in [0.25, 0.3) is 0 Å². The van der Waals surface area contributed by atoms with Crippen molar-refractivity contribution < 1.29 is 4.21 Å². The molecule has 1 fully saturated rings. The van der Waals surface area contributed by atoms with Gasteiger partial charge in [-0.25, -0.2) is 4.21 Å². The van der Waals surface area contributed by atoms with Gasteiger partial charge in [0, 0.05) is 13.1 Å². The molecule has 2 unspecified atom stereocenters. The molecule has 134 valence electrons. The van der Waals surface area contributed by atoms with Crippen molar-refractivity contribution >= 4 is 11.0 Å². The summed E-state index contributed by atoms with van der Waals surface area (Å²) in [6, 6.07) is 21.0. The fourth-order valence-corrected chi connectivity index (χ4v) is 4.91. The summed E-state index contributed by atoms with van der Waals surface area (Å²) >= 11 is 0. The molecule has 1 saturated heterocycles. The van der Waals surface area contributed by atoms with Gasteiger partial charge in [-0.3, -0.25) is 4.90 Å². The molecule has 0 radical (unpaired) electrons. The van der Waals surface area contributed by atoms with Crippen molar-refractivity contribution in [1.29, 1.82) is 0 Å². The number of rotatable bonds is 4. The van der Waals surface area contributed by atoms with E-state index in [-0.39, 0.29) is 10.3 Å². The summed E-state index contributed by atoms with van der Waals surface area (Å²) < 4.78 is 15.2. The number of hydrogen-bond acceptors (Lipinski definition) is 2. The second-order valence-corrected chi connectivity index (χ2v) is 10.2. The Balaban J connectivity index is 1.91. The molecule has 0 aliphatic carbocycles. The first-order valence-electron chi connectivity index (χ1n) is 8.82. The van der Waals surface area contributed by atoms with Crippen LogP contribution in [0, 0.1) is 0 Å². The van der Waals surface area contributed by atoms with Gasteiger partial charge in [-0.2, -0.15) is 4.31 Å². The summed E-state index contributed by atoms with van der Waals surface area (Å²) in [4.78, 5) is 2.39. The van der Waals surface area contributed by atoms with Crippen molar-refractivity contribution in [2.45, 2.75) is 44.5 Å². The standard InChI is InChI=1S/C21H28N2OS/c1-20(2,3)25(24)23-17-22(15-18-11-7-5-8-12-18)16-21(23,4)19-13-9-6-10-14-19/h5-14H,15-17H2,1-4H3. The molecule has 1 aliphatic rings. The highest BCUT2D eigenvalue weighted by Gasteiger charge is 2.47. The molecule has 1 aliphatic heterocycles. The highest BCUT2D eigenvalue weighted by Crippen LogP contribution is 2.38. The van der Waals surface area contributed by atoms with Gasteiger partial charge in [0.2, 0.25) is 0 Å². The Morgan fingerprint density at radius 1 is 1.00 bits per heavy atom. The van der Waals surface area contributed by atoms with Gasteiger partial charge in [-0.05, 0) is 38.8 Å². The summed E-state index contributed by atoms with van der Waals surface area (Å²) in [7, 11) is -1.07. The molecule has 2 aromatic rings. The predicted octanol–water partition coefficient (Wildman–Crippen LogP) is 4.14. The van der Waals surface area contributed by atoms with E-state index in [0.29, 0.717) is 6.67 Å². The Hall–Kier alpha value is -1.49. The van der Waals surface area contributed by atoms with Crippen molar-refractivity contribution in [2.75, 3.05) is 13.2 Å². The van der Waals surface area contributed by atoms with Crippen LogP contribution in [0.3, 0.4) is 0 Å². The van der Waals surface area contributed by atoms with E-state index < -0.39 is 11.0 Å². The largest absolute Gasteiger partial charge is 0.283 e. The Bertz CT molecular complexity index is 727. The first-order valence-corrected chi connectivity index (χ1v) is 9.93. The SMILES string of the molecule is CC1(c2ccccc2)CN(Cc2ccccc2)CN1S(=O)C(C)(C)C. The fourth-order valence-electron chi connectivity index (χ4n) is 3.45. The van der Waals surface area contributed by atoms with Gasteiger partial charge < -0.3 is 0 Å². The Kier molecular flexibility index (Phi) is 5.14. The van der Waals surface area contributed by atoms with Gasteiger partial charge in [0.1, 0.15) is 11.0 Å². The maximum Gasteiger partial charge on any atom is 0.102 e. The van der Waals surface area contributed by atoms with E-state index in [9.17, 15) is 4.21 Å². The first kappa shape index (κ1) is 18.3. The van der Waals surface area contributed by atoms with Crippen molar-refractivity contribution in [3.63, 3.8) is 0 Å². The normalized spacial score (nSPS) is 23.7. The molecule has 4 heteroatoms. The molecule has 0 aromatic heterocycles. The van der Waals surface area contributed by atoms with Crippen LogP contribution in [-0.4, -0.2) is 31.4 Å². The maximum absolute atomic E-state index is 13.3. The predicted molar refractivity (Wildman–Crippen MR) is 105 cm³/mol. The zero-order valence-corrected chi connectivity index (χ0v) is 16.4. The summed E-state index contributed by atoms with van der Waals surface area (Å²) in [5, 5.41) is 0. The third-order valence-electron chi connectivity index (χ3n) is 4.78. The van der Waals surface area contributed by atoms with Crippen molar-refractivity contribution in [3.8, 4) is 0 Å². The van der Waals surface area contributed by atoms with E-state index in [2.05, 4.69) is 64.7 Å². The molecule has 3 rings (SSSR count). The number of nitrogens with zero attached hydrogens (tertiary/aromatic N) is 2. The van der Waals surface area contributed by atoms with Gasteiger partial charge in [0.15, 0.2) is 0 Å². The maximum atomic E-state index is 13.3. The van der Waals surface area contributed by atoms with Crippen molar-refractivity contribution in [1.82, 2.24) is 9.21 Å². The molecule has 0 N–H and O–H groups in total. The minimum Gasteiger partial charge on any atom is -0.283 e. The highest BCUT2D eigenvalue weighted by molar-refractivity contribution is 7.84. The lowest BCUT2D eigenvalue weighted by atomic mass is 9.93. The topological polar surface area (TPSA) is 23.6 Å². The van der Waals surface area contributed by atoms with E-state index in [1.54, 1.807) is 0 Å². The molecule has 0 saturated carbocycles. The lowest BCUT2D eigenvalue weighted by Gasteiger charge is -2.37. The molecule has 0 bridgehead atoms. The molecule has 3 nitrogen and oxygen atoms in total. The summed E-state index contributed by atoms with van der Waals surface area (Å²) in [6.45, 7) is 10.8. The Morgan fingerprint density at radius 3 is 2.12 bits per heavy atom. The molecule has 1 heterocycles. The first-order chi connectivity index (χ1) is 11.8. The van der Waals surface area contributed by atoms with Crippen LogP contribution >= 0.6 is 0 Å². The van der Waals surface area contributed by atoms with Crippen LogP contribution in [0.5, 0.6) is 0 Å². The third kappa shape index (κ3) is 3.86. The molecular formula is C21H28N2OS. The van der Waals surface area contributed by atoms with E-state index in [0.717, 1.165) is 13.1 Å². The molecular weight excluding hydrogens is 328 g/mol. The van der Waals surface area contributed by atoms with Gasteiger partial charge >= 0.3 is 0 Å². The zero-order valence-electron chi connectivity index (χ0n) is 15.6. The monoisotopic (exact) mass is 356 g/mol. The fraction of sp³-hybridized carbons (Fsp3) is 0.429. The molecule has 25 heavy (non-hydrogen) atoms. The second kappa shape index (κ2) is 7.02. The van der Waals surface area contributed by atoms with Crippen LogP contribution in [0.4, 0.5) is 0 Å². The van der Waals surface area contributed by atoms with Crippen LogP contribution in [0.15, 0.2) is 60.7 Å². The molecule has 0 amide bonds. The summed E-state index contributed by atoms with van der Waals surface area (Å²) in [5.41, 5.74) is 2.26. The van der Waals surface area contributed by atoms with E-state index in [1.807, 2.05) is 32.9 Å². The molecule has 0 spiro atoms. The Morgan fingerprint density at radius 2 is 1.56 bits per heavy atom. The third-order valence-corrected chi connectivity index (χ3v) is 6.75. The average Bonchev–Trinajstić information content (AvgIpc) is 2.92. The highest BCUT2D eigenvalue weighted by atomic mass is 32.2. The second-order valence-electron chi connectivity index (χ2n) is 7.99. The van der Waals surface area contributed by atoms with Crippen LogP contribution in [0.2, 0.25) is 0 Å². The smallest absolute Gasteiger partial charge is 0.102 e. The average molecular weight is 357 g/mol. The van der Waals surface area contributed by atoms with Gasteiger partial charge in [-0.1, -0.05) is 60.7 Å². The van der Waals surface area contributed by atoms with Crippen LogP contribution in [0.25, 0.3) is 0 Å². The molecule has 2 atom stereocenters. The number of benzene rings is 2. The van der Waals surface area contributed by atoms with Gasteiger partial charge in [0.05, 0.1) is 17.0 Å². The summed E-state index contributed by atoms with van der Waals surface area (Å²) in [5.74, 6) is 0. The lowest BCUT2D eigenvalue weighted by molar-refractivity contribution is 0.288. The Labute approximate surface area is 154 Å². The minimum atomic E-state index is -1.07. The van der Waals surface area contributed by atoms with Crippen LogP contribution < -0.4 is 0 Å². The molecule has 2 aromatic carbocycles. The van der Waals surface area contributed by atoms with Crippen LogP contribution in [-0.2, 0) is 23.1 Å². The van der Waals surface area contributed by atoms with E-state index >= 15 is 0 Å². The van der Waals surface area contributed by atoms with Gasteiger partial charge in [-0.15, -0.1) is 0 Å². The quantitative estimate of drug-likeness (QED) is 0.822. The van der Waals surface area contributed by atoms with Crippen LogP contribution in [0.1, 0.15) is 38.8 Å². The lowest BCUT2D eigenvalue weighted by Crippen LogP contribution is -2.46. The van der Waals surface area contributed by atoms with Crippen molar-refractivity contribution in [2.24, 2.45) is 0 Å². The van der Waals surface area contributed by atoms with E-state index in [4.69, 9.17) is 0 Å². The van der Waals surface area contributed by atoms with Crippen molar-refractivity contribution in [3.05, 3.63) is 71.8 Å². The van der Waals surface area contributed by atoms with E-state index in [1.165, 1.54) is 11.1 Å². The minimum absolute atomic E-state index is 0.256. The number of hydrogen-bond donors (Lipinski definition) is 0. The summed E-state index contributed by atoms with van der Waals surface area (Å²) in [6.07, 6.45) is 0. The zero-order chi connectivity index (χ0) is 18.1.